The molecular formula is C37H44N12O8. The van der Waals surface area contributed by atoms with Gasteiger partial charge in [-0.2, -0.15) is 0 Å². The van der Waals surface area contributed by atoms with Gasteiger partial charge in [-0.1, -0.05) is 12.1 Å². The number of benzene rings is 3. The highest BCUT2D eigenvalue weighted by atomic mass is 16.5. The van der Waals surface area contributed by atoms with E-state index in [0.717, 1.165) is 5.56 Å². The lowest BCUT2D eigenvalue weighted by Gasteiger charge is -2.26. The molecule has 0 unspecified atom stereocenters. The fraction of sp³-hybridized carbons (Fsp3) is 0.297. The van der Waals surface area contributed by atoms with Crippen LogP contribution in [-0.2, 0) is 20.8 Å². The summed E-state index contributed by atoms with van der Waals surface area (Å²) >= 11 is 0. The summed E-state index contributed by atoms with van der Waals surface area (Å²) in [5, 5.41) is 13.6. The number of aliphatic imine (C=N–C) groups is 1. The number of nitrogens with two attached hydrogens (primary N) is 4. The van der Waals surface area contributed by atoms with Crippen molar-refractivity contribution in [3.63, 3.8) is 0 Å². The number of nitrogens with zero attached hydrogens (tertiary/aromatic N) is 1. The van der Waals surface area contributed by atoms with Crippen LogP contribution in [0.1, 0.15) is 45.5 Å². The Morgan fingerprint density at radius 1 is 0.877 bits per heavy atom. The van der Waals surface area contributed by atoms with Gasteiger partial charge in [0.05, 0.1) is 22.6 Å². The zero-order valence-electron chi connectivity index (χ0n) is 30.7. The van der Waals surface area contributed by atoms with E-state index in [1.54, 1.807) is 24.3 Å². The van der Waals surface area contributed by atoms with Crippen LogP contribution in [-0.4, -0.2) is 89.8 Å². The van der Waals surface area contributed by atoms with Crippen molar-refractivity contribution in [2.75, 3.05) is 37.3 Å². The molecule has 20 heteroatoms. The van der Waals surface area contributed by atoms with Gasteiger partial charge in [-0.25, -0.2) is 0 Å². The molecule has 0 fully saturated rings. The molecule has 0 saturated heterocycles. The minimum atomic E-state index is -1.24. The summed E-state index contributed by atoms with van der Waals surface area (Å²) in [6.45, 7) is -0.173. The molecule has 15 N–H and O–H groups in total. The Hall–Kier alpha value is -7.22. The highest BCUT2D eigenvalue weighted by Crippen LogP contribution is 2.24. The molecule has 3 atom stereocenters. The molecule has 0 spiro atoms. The molecule has 57 heavy (non-hydrogen) atoms. The van der Waals surface area contributed by atoms with Crippen molar-refractivity contribution in [1.29, 1.82) is 0 Å². The van der Waals surface area contributed by atoms with E-state index in [4.69, 9.17) is 27.7 Å². The number of amides is 5. The third-order valence-corrected chi connectivity index (χ3v) is 8.79. The van der Waals surface area contributed by atoms with Crippen LogP contribution in [0.4, 0.5) is 11.4 Å². The van der Waals surface area contributed by atoms with Crippen molar-refractivity contribution in [3.05, 3.63) is 98.1 Å². The van der Waals surface area contributed by atoms with Crippen molar-refractivity contribution < 1.29 is 28.7 Å². The van der Waals surface area contributed by atoms with Gasteiger partial charge in [0.15, 0.2) is 5.96 Å². The zero-order chi connectivity index (χ0) is 41.1. The zero-order valence-corrected chi connectivity index (χ0v) is 30.7. The third kappa shape index (κ3) is 11.6. The molecule has 0 saturated carbocycles. The molecule has 1 aromatic heterocycles. The number of rotatable bonds is 11. The summed E-state index contributed by atoms with van der Waals surface area (Å²) in [5.41, 5.74) is 23.5. The normalized spacial score (nSPS) is 17.4. The van der Waals surface area contributed by atoms with Crippen molar-refractivity contribution >= 4 is 57.9 Å². The van der Waals surface area contributed by atoms with Gasteiger partial charge in [0.2, 0.25) is 17.7 Å². The number of hydrogen-bond donors (Lipinski definition) is 11. The SMILES string of the molecule is NC(N)=NCCC[C@H]1COc2ccc(NC(=O)CCNC(=O)c3ccc4[nH]c(=O)c(=O)[nH]c4c3)cc2C(=O)NC[C@@H](N)C(=O)N[C@@H](Cc2ccc(N)cc2)C(=O)N1. The Morgan fingerprint density at radius 3 is 2.35 bits per heavy atom. The van der Waals surface area contributed by atoms with Crippen LogP contribution in [0, 0.1) is 0 Å². The van der Waals surface area contributed by atoms with Crippen molar-refractivity contribution in [1.82, 2.24) is 31.2 Å². The van der Waals surface area contributed by atoms with Crippen LogP contribution < -0.4 is 65.4 Å². The van der Waals surface area contributed by atoms with Crippen LogP contribution in [0.3, 0.4) is 0 Å². The van der Waals surface area contributed by atoms with E-state index < -0.39 is 58.8 Å². The first-order valence-corrected chi connectivity index (χ1v) is 17.9. The first-order valence-electron chi connectivity index (χ1n) is 17.9. The van der Waals surface area contributed by atoms with Crippen LogP contribution in [0.2, 0.25) is 0 Å². The number of nitrogens with one attached hydrogen (secondary N) is 7. The molecule has 0 bridgehead atoms. The van der Waals surface area contributed by atoms with Crippen LogP contribution in [0.15, 0.2) is 75.2 Å². The molecule has 3 aromatic carbocycles. The van der Waals surface area contributed by atoms with Gasteiger partial charge in [0.1, 0.15) is 24.4 Å². The Kier molecular flexibility index (Phi) is 13.6. The number of H-pyrrole nitrogens is 2. The highest BCUT2D eigenvalue weighted by molar-refractivity contribution is 6.00. The summed E-state index contributed by atoms with van der Waals surface area (Å²) < 4.78 is 6.10. The molecule has 0 aliphatic carbocycles. The minimum absolute atomic E-state index is 0.00766. The Bertz CT molecular complexity index is 2280. The third-order valence-electron chi connectivity index (χ3n) is 8.79. The smallest absolute Gasteiger partial charge is 0.314 e. The Balaban J connectivity index is 1.28. The highest BCUT2D eigenvalue weighted by Gasteiger charge is 2.28. The second-order valence-corrected chi connectivity index (χ2v) is 13.2. The predicted octanol–water partition coefficient (Wildman–Crippen LogP) is -1.73. The summed E-state index contributed by atoms with van der Waals surface area (Å²) in [5.74, 6) is -2.80. The number of aromatic amines is 2. The number of anilines is 2. The maximum atomic E-state index is 13.7. The number of nitrogen functional groups attached to an aromatic ring is 1. The number of carbonyl (C=O) groups excluding carboxylic acids is 5. The van der Waals surface area contributed by atoms with E-state index in [0.29, 0.717) is 24.0 Å². The van der Waals surface area contributed by atoms with Gasteiger partial charge in [0.25, 0.3) is 11.8 Å². The Morgan fingerprint density at radius 2 is 1.61 bits per heavy atom. The Labute approximate surface area is 324 Å². The number of ether oxygens (including phenoxy) is 1. The van der Waals surface area contributed by atoms with E-state index in [2.05, 4.69) is 41.5 Å². The molecule has 1 aliphatic rings. The molecule has 2 heterocycles. The molecule has 1 aliphatic heterocycles. The lowest BCUT2D eigenvalue weighted by atomic mass is 10.0. The number of guanidine groups is 1. The number of fused-ring (bicyclic) bond motifs is 2. The second kappa shape index (κ2) is 18.9. The second-order valence-electron chi connectivity index (χ2n) is 13.2. The molecule has 20 nitrogen and oxygen atoms in total. The summed E-state index contributed by atoms with van der Waals surface area (Å²) in [6.07, 6.45) is 0.793. The van der Waals surface area contributed by atoms with Crippen LogP contribution >= 0.6 is 0 Å². The molecule has 300 valence electrons. The average Bonchev–Trinajstić information content (AvgIpc) is 3.17. The average molecular weight is 785 g/mol. The molecule has 5 amide bonds. The lowest BCUT2D eigenvalue weighted by Crippen LogP contribution is -2.56. The fourth-order valence-corrected chi connectivity index (χ4v) is 5.79. The fourth-order valence-electron chi connectivity index (χ4n) is 5.79. The van der Waals surface area contributed by atoms with E-state index in [-0.39, 0.29) is 73.1 Å². The standard InChI is InChI=1S/C37H44N12O8/c38-21-6-3-19(4-7-21)14-28-34(54)46-23(2-1-12-43-37(40)41)18-57-29-10-8-22(16-24(29)32(52)44-17-25(39)33(53)49-28)45-30(50)11-13-42-31(51)20-5-9-26-27(15-20)48-36(56)35(55)47-26/h3-10,15-16,23,25,28H,1-2,11-14,17-18,38-39H2,(H,42,51)(H,44,52)(H,45,50)(H,46,54)(H,47,55)(H,48,56)(H,49,53)(H4,40,41,43)/t23-,25+,28-/m0/s1. The first-order chi connectivity index (χ1) is 27.2. The summed E-state index contributed by atoms with van der Waals surface area (Å²) in [6, 6.07) is 12.6. The summed E-state index contributed by atoms with van der Waals surface area (Å²) in [7, 11) is 0. The minimum Gasteiger partial charge on any atom is -0.491 e. The molecule has 4 aromatic rings. The topological polar surface area (TPSA) is 337 Å². The monoisotopic (exact) mass is 784 g/mol. The quantitative estimate of drug-likeness (QED) is 0.0266. The van der Waals surface area contributed by atoms with E-state index in [1.165, 1.54) is 36.4 Å². The number of aromatic nitrogens is 2. The van der Waals surface area contributed by atoms with Gasteiger partial charge < -0.3 is 64.2 Å². The van der Waals surface area contributed by atoms with Crippen molar-refractivity contribution in [2.24, 2.45) is 22.2 Å². The van der Waals surface area contributed by atoms with Crippen LogP contribution in [0.25, 0.3) is 11.0 Å². The maximum absolute atomic E-state index is 13.7. The lowest BCUT2D eigenvalue weighted by molar-refractivity contribution is -0.130. The van der Waals surface area contributed by atoms with Gasteiger partial charge in [-0.05, 0) is 66.9 Å². The summed E-state index contributed by atoms with van der Waals surface area (Å²) in [4.78, 5) is 98.0. The van der Waals surface area contributed by atoms with Crippen molar-refractivity contribution in [2.45, 2.75) is 43.8 Å². The molecular weight excluding hydrogens is 740 g/mol. The number of carbonyl (C=O) groups is 5. The van der Waals surface area contributed by atoms with Crippen molar-refractivity contribution in [3.8, 4) is 5.75 Å². The number of hydrogen-bond acceptors (Lipinski definition) is 11. The van der Waals surface area contributed by atoms with E-state index in [1.807, 2.05) is 0 Å². The first kappa shape index (κ1) is 41.0. The van der Waals surface area contributed by atoms with Gasteiger partial charge in [0, 0.05) is 49.4 Å². The van der Waals surface area contributed by atoms with E-state index in [9.17, 15) is 33.6 Å². The van der Waals surface area contributed by atoms with Crippen LogP contribution in [0.5, 0.6) is 5.75 Å². The van der Waals surface area contributed by atoms with Gasteiger partial charge in [-0.3, -0.25) is 38.6 Å². The maximum Gasteiger partial charge on any atom is 0.314 e. The van der Waals surface area contributed by atoms with E-state index >= 15 is 0 Å². The molecule has 5 rings (SSSR count). The molecule has 0 radical (unpaired) electrons. The largest absolute Gasteiger partial charge is 0.491 e. The van der Waals surface area contributed by atoms with Gasteiger partial charge in [-0.15, -0.1) is 0 Å². The predicted molar refractivity (Wildman–Crippen MR) is 211 cm³/mol. The van der Waals surface area contributed by atoms with Gasteiger partial charge >= 0.3 is 11.1 Å².